The molecule has 1 aliphatic heterocycles. The van der Waals surface area contributed by atoms with E-state index < -0.39 is 0 Å². The van der Waals surface area contributed by atoms with Crippen molar-refractivity contribution in [1.82, 2.24) is 15.3 Å². The lowest BCUT2D eigenvalue weighted by Crippen LogP contribution is -2.26. The fraction of sp³-hybridized carbons (Fsp3) is 0.385. The predicted molar refractivity (Wildman–Crippen MR) is 64.4 cm³/mol. The Hall–Kier alpha value is -1.48. The number of hydrogen-bond acceptors (Lipinski definition) is 3. The van der Waals surface area contributed by atoms with Crippen molar-refractivity contribution in [1.29, 1.82) is 0 Å². The molecule has 3 rings (SSSR count). The molecular weight excluding hydrogens is 198 g/mol. The van der Waals surface area contributed by atoms with Crippen LogP contribution in [0.3, 0.4) is 0 Å². The molecule has 1 saturated heterocycles. The Morgan fingerprint density at radius 2 is 2.06 bits per heavy atom. The van der Waals surface area contributed by atoms with Gasteiger partial charge in [-0.1, -0.05) is 12.1 Å². The molecule has 0 radical (unpaired) electrons. The van der Waals surface area contributed by atoms with Crippen molar-refractivity contribution in [2.45, 2.75) is 18.8 Å². The highest BCUT2D eigenvalue weighted by Crippen LogP contribution is 2.26. The first-order valence-corrected chi connectivity index (χ1v) is 5.84. The van der Waals surface area contributed by atoms with Gasteiger partial charge in [0, 0.05) is 11.6 Å². The summed E-state index contributed by atoms with van der Waals surface area (Å²) in [6, 6.07) is 6.57. The fourth-order valence-electron chi connectivity index (χ4n) is 2.40. The van der Waals surface area contributed by atoms with Gasteiger partial charge >= 0.3 is 0 Å². The molecule has 0 unspecified atom stereocenters. The van der Waals surface area contributed by atoms with Crippen LogP contribution in [0.2, 0.25) is 0 Å². The molecule has 1 aliphatic rings. The summed E-state index contributed by atoms with van der Waals surface area (Å²) < 4.78 is 0. The van der Waals surface area contributed by atoms with E-state index in [-0.39, 0.29) is 0 Å². The van der Waals surface area contributed by atoms with E-state index in [1.807, 2.05) is 6.20 Å². The minimum absolute atomic E-state index is 0.695. The average Bonchev–Trinajstić information content (AvgIpc) is 2.39. The second kappa shape index (κ2) is 4.18. The van der Waals surface area contributed by atoms with E-state index in [1.165, 1.54) is 18.4 Å². The van der Waals surface area contributed by atoms with Crippen LogP contribution in [0.1, 0.15) is 24.3 Å². The Labute approximate surface area is 94.9 Å². The van der Waals surface area contributed by atoms with Gasteiger partial charge in [0.15, 0.2) is 0 Å². The average molecular weight is 213 g/mol. The molecule has 1 N–H and O–H groups in total. The number of rotatable bonds is 1. The summed E-state index contributed by atoms with van der Waals surface area (Å²) in [5.74, 6) is 0.695. The second-order valence-electron chi connectivity index (χ2n) is 4.37. The smallest absolute Gasteiger partial charge is 0.116 e. The van der Waals surface area contributed by atoms with Gasteiger partial charge in [-0.25, -0.2) is 9.97 Å². The molecule has 16 heavy (non-hydrogen) atoms. The summed E-state index contributed by atoms with van der Waals surface area (Å²) in [5, 5.41) is 4.52. The zero-order chi connectivity index (χ0) is 10.8. The number of nitrogens with one attached hydrogen (secondary N) is 1. The molecule has 82 valence electrons. The standard InChI is InChI=1S/C13H15N3/c1-2-12-8-15-9-16-13(12)7-11(1)10-3-5-14-6-4-10/h1-2,7-10,14H,3-6H2. The molecule has 3 heteroatoms. The van der Waals surface area contributed by atoms with E-state index in [1.54, 1.807) is 6.33 Å². The van der Waals surface area contributed by atoms with E-state index in [2.05, 4.69) is 33.5 Å². The van der Waals surface area contributed by atoms with Gasteiger partial charge in [0.05, 0.1) is 5.52 Å². The predicted octanol–water partition coefficient (Wildman–Crippen LogP) is 2.10. The van der Waals surface area contributed by atoms with Crippen LogP contribution in [-0.4, -0.2) is 23.1 Å². The summed E-state index contributed by atoms with van der Waals surface area (Å²) in [6.45, 7) is 2.26. The van der Waals surface area contributed by atoms with Crippen molar-refractivity contribution >= 4 is 10.9 Å². The van der Waals surface area contributed by atoms with E-state index in [0.29, 0.717) is 5.92 Å². The number of aromatic nitrogens is 2. The topological polar surface area (TPSA) is 37.8 Å². The third-order valence-corrected chi connectivity index (χ3v) is 3.34. The molecule has 3 nitrogen and oxygen atoms in total. The number of hydrogen-bond donors (Lipinski definition) is 1. The van der Waals surface area contributed by atoms with Crippen molar-refractivity contribution in [3.8, 4) is 0 Å². The Balaban J connectivity index is 1.97. The first-order chi connectivity index (χ1) is 7.93. The van der Waals surface area contributed by atoms with Crippen LogP contribution in [0.4, 0.5) is 0 Å². The van der Waals surface area contributed by atoms with Gasteiger partial charge in [0.1, 0.15) is 6.33 Å². The number of piperidine rings is 1. The highest BCUT2D eigenvalue weighted by Gasteiger charge is 2.15. The molecule has 0 amide bonds. The summed E-state index contributed by atoms with van der Waals surface area (Å²) >= 11 is 0. The molecule has 1 aromatic heterocycles. The highest BCUT2D eigenvalue weighted by molar-refractivity contribution is 5.78. The Bertz CT molecular complexity index is 489. The molecule has 0 spiro atoms. The maximum Gasteiger partial charge on any atom is 0.116 e. The molecule has 1 aromatic carbocycles. The lowest BCUT2D eigenvalue weighted by molar-refractivity contribution is 0.460. The normalized spacial score (nSPS) is 17.8. The van der Waals surface area contributed by atoms with Gasteiger partial charge in [0.2, 0.25) is 0 Å². The quantitative estimate of drug-likeness (QED) is 0.788. The SMILES string of the molecule is c1ncc2ccc(C3CCNCC3)cc2n1. The lowest BCUT2D eigenvalue weighted by Gasteiger charge is -2.23. The molecule has 0 aliphatic carbocycles. The van der Waals surface area contributed by atoms with E-state index in [0.717, 1.165) is 24.0 Å². The van der Waals surface area contributed by atoms with Gasteiger partial charge in [-0.05, 0) is 43.5 Å². The number of benzene rings is 1. The largest absolute Gasteiger partial charge is 0.317 e. The van der Waals surface area contributed by atoms with Crippen LogP contribution < -0.4 is 5.32 Å². The van der Waals surface area contributed by atoms with Crippen molar-refractivity contribution in [3.63, 3.8) is 0 Å². The van der Waals surface area contributed by atoms with Gasteiger partial charge in [-0.2, -0.15) is 0 Å². The summed E-state index contributed by atoms with van der Waals surface area (Å²) in [6.07, 6.45) is 5.95. The Morgan fingerprint density at radius 1 is 1.19 bits per heavy atom. The first-order valence-electron chi connectivity index (χ1n) is 5.84. The molecule has 0 bridgehead atoms. The third kappa shape index (κ3) is 1.78. The monoisotopic (exact) mass is 213 g/mol. The van der Waals surface area contributed by atoms with Crippen LogP contribution in [0.25, 0.3) is 10.9 Å². The summed E-state index contributed by atoms with van der Waals surface area (Å²) in [5.41, 5.74) is 2.48. The van der Waals surface area contributed by atoms with E-state index in [4.69, 9.17) is 0 Å². The van der Waals surface area contributed by atoms with Crippen molar-refractivity contribution in [2.75, 3.05) is 13.1 Å². The van der Waals surface area contributed by atoms with Crippen LogP contribution in [0, 0.1) is 0 Å². The van der Waals surface area contributed by atoms with Crippen molar-refractivity contribution in [2.24, 2.45) is 0 Å². The Morgan fingerprint density at radius 3 is 2.94 bits per heavy atom. The maximum absolute atomic E-state index is 4.31. The van der Waals surface area contributed by atoms with Gasteiger partial charge in [-0.3, -0.25) is 0 Å². The van der Waals surface area contributed by atoms with Crippen molar-refractivity contribution in [3.05, 3.63) is 36.3 Å². The third-order valence-electron chi connectivity index (χ3n) is 3.34. The fourth-order valence-corrected chi connectivity index (χ4v) is 2.40. The molecule has 2 aromatic rings. The summed E-state index contributed by atoms with van der Waals surface area (Å²) in [7, 11) is 0. The molecule has 2 heterocycles. The molecule has 0 saturated carbocycles. The molecular formula is C13H15N3. The number of nitrogens with zero attached hydrogens (tertiary/aromatic N) is 2. The first kappa shape index (κ1) is 9.73. The zero-order valence-corrected chi connectivity index (χ0v) is 9.19. The summed E-state index contributed by atoms with van der Waals surface area (Å²) in [4.78, 5) is 8.34. The molecule has 1 fully saturated rings. The highest BCUT2D eigenvalue weighted by atomic mass is 14.9. The van der Waals surface area contributed by atoms with Gasteiger partial charge < -0.3 is 5.32 Å². The Kier molecular flexibility index (Phi) is 2.54. The number of fused-ring (bicyclic) bond motifs is 1. The van der Waals surface area contributed by atoms with Crippen molar-refractivity contribution < 1.29 is 0 Å². The van der Waals surface area contributed by atoms with Gasteiger partial charge in [-0.15, -0.1) is 0 Å². The molecule has 0 atom stereocenters. The van der Waals surface area contributed by atoms with Crippen LogP contribution in [0.15, 0.2) is 30.7 Å². The van der Waals surface area contributed by atoms with Crippen LogP contribution >= 0.6 is 0 Å². The minimum Gasteiger partial charge on any atom is -0.317 e. The maximum atomic E-state index is 4.31. The van der Waals surface area contributed by atoms with E-state index in [9.17, 15) is 0 Å². The van der Waals surface area contributed by atoms with Gasteiger partial charge in [0.25, 0.3) is 0 Å². The second-order valence-corrected chi connectivity index (χ2v) is 4.37. The lowest BCUT2D eigenvalue weighted by atomic mass is 9.90. The van der Waals surface area contributed by atoms with E-state index >= 15 is 0 Å². The minimum atomic E-state index is 0.695. The van der Waals surface area contributed by atoms with Crippen LogP contribution in [-0.2, 0) is 0 Å². The zero-order valence-electron chi connectivity index (χ0n) is 9.19. The van der Waals surface area contributed by atoms with Crippen LogP contribution in [0.5, 0.6) is 0 Å².